The molecule has 8 nitrogen and oxygen atoms in total. The minimum atomic E-state index is 0.145. The highest BCUT2D eigenvalue weighted by molar-refractivity contribution is 7.19. The Morgan fingerprint density at radius 2 is 2.03 bits per heavy atom. The summed E-state index contributed by atoms with van der Waals surface area (Å²) in [6.07, 6.45) is 6.11. The Bertz CT molecular complexity index is 1560. The van der Waals surface area contributed by atoms with Gasteiger partial charge in [0.15, 0.2) is 5.65 Å². The lowest BCUT2D eigenvalue weighted by molar-refractivity contribution is -0.126. The lowest BCUT2D eigenvalue weighted by atomic mass is 9.88. The standard InChI is InChI=1S/C29H36N6O2S/c1-14(2)24-25-17(5)27(21-7-20-6-18(21)8-34(20)10-23(36)32-19-11-37-12-19)38-29(25)33-26(24)22-9-35-28(30-13-31-35)16(4)15(22)3/h9,13-14,18-21,33H,6-8,10-12H2,1-5H3,(H,32,36)/t18?,20?,21-/m1/s1. The number of rotatable bonds is 6. The fourth-order valence-corrected chi connectivity index (χ4v) is 8.62. The number of nitrogens with zero attached hydrogens (tertiary/aromatic N) is 4. The first-order valence-electron chi connectivity index (χ1n) is 13.9. The molecule has 4 aromatic heterocycles. The number of nitrogens with one attached hydrogen (secondary N) is 2. The van der Waals surface area contributed by atoms with Crippen molar-refractivity contribution in [1.29, 1.82) is 0 Å². The van der Waals surface area contributed by atoms with E-state index in [2.05, 4.69) is 66.1 Å². The summed E-state index contributed by atoms with van der Waals surface area (Å²) in [6, 6.07) is 0.714. The molecule has 38 heavy (non-hydrogen) atoms. The molecule has 9 heteroatoms. The predicted molar refractivity (Wildman–Crippen MR) is 150 cm³/mol. The third-order valence-corrected chi connectivity index (χ3v) is 10.6. The summed E-state index contributed by atoms with van der Waals surface area (Å²) >= 11 is 1.96. The maximum absolute atomic E-state index is 12.5. The molecule has 0 radical (unpaired) electrons. The van der Waals surface area contributed by atoms with Crippen LogP contribution in [0.4, 0.5) is 0 Å². The molecule has 3 atom stereocenters. The maximum Gasteiger partial charge on any atom is 0.234 e. The minimum absolute atomic E-state index is 0.145. The molecule has 7 rings (SSSR count). The van der Waals surface area contributed by atoms with Crippen molar-refractivity contribution in [3.8, 4) is 11.3 Å². The molecular weight excluding hydrogens is 496 g/mol. The number of hydrogen-bond acceptors (Lipinski definition) is 6. The number of piperidine rings is 1. The minimum Gasteiger partial charge on any atom is -0.377 e. The third-order valence-electron chi connectivity index (χ3n) is 9.28. The van der Waals surface area contributed by atoms with Crippen LogP contribution in [0.25, 0.3) is 27.1 Å². The molecule has 2 unspecified atom stereocenters. The Hall–Kier alpha value is -2.75. The predicted octanol–water partition coefficient (Wildman–Crippen LogP) is 4.68. The number of amides is 1. The first kappa shape index (κ1) is 24.3. The van der Waals surface area contributed by atoms with Gasteiger partial charge in [-0.15, -0.1) is 11.3 Å². The van der Waals surface area contributed by atoms with E-state index in [-0.39, 0.29) is 11.9 Å². The van der Waals surface area contributed by atoms with Gasteiger partial charge < -0.3 is 15.0 Å². The fourth-order valence-electron chi connectivity index (χ4n) is 7.18. The summed E-state index contributed by atoms with van der Waals surface area (Å²) < 4.78 is 7.09. The molecule has 0 spiro atoms. The second kappa shape index (κ2) is 8.89. The molecule has 2 bridgehead atoms. The molecule has 2 aliphatic heterocycles. The number of fused-ring (bicyclic) bond motifs is 4. The van der Waals surface area contributed by atoms with Crippen LogP contribution >= 0.6 is 11.3 Å². The Labute approximate surface area is 226 Å². The number of carbonyl (C=O) groups is 1. The second-order valence-corrected chi connectivity index (χ2v) is 13.0. The van der Waals surface area contributed by atoms with Crippen LogP contribution in [0.5, 0.6) is 0 Å². The zero-order valence-electron chi connectivity index (χ0n) is 22.8. The van der Waals surface area contributed by atoms with E-state index in [1.807, 2.05) is 15.9 Å². The summed E-state index contributed by atoms with van der Waals surface area (Å²) in [4.78, 5) is 26.0. The summed E-state index contributed by atoms with van der Waals surface area (Å²) in [7, 11) is 0. The van der Waals surface area contributed by atoms with E-state index in [1.54, 1.807) is 11.2 Å². The van der Waals surface area contributed by atoms with Crippen molar-refractivity contribution in [3.63, 3.8) is 0 Å². The lowest BCUT2D eigenvalue weighted by Gasteiger charge is -2.32. The van der Waals surface area contributed by atoms with Crippen LogP contribution < -0.4 is 5.32 Å². The molecule has 200 valence electrons. The van der Waals surface area contributed by atoms with Gasteiger partial charge in [0.1, 0.15) is 11.2 Å². The second-order valence-electron chi connectivity index (χ2n) is 11.9. The van der Waals surface area contributed by atoms with Crippen molar-refractivity contribution in [2.45, 2.75) is 71.4 Å². The molecule has 3 aliphatic rings. The average molecular weight is 533 g/mol. The molecule has 6 heterocycles. The van der Waals surface area contributed by atoms with E-state index in [4.69, 9.17) is 4.74 Å². The smallest absolute Gasteiger partial charge is 0.234 e. The largest absolute Gasteiger partial charge is 0.377 e. The van der Waals surface area contributed by atoms with Gasteiger partial charge in [0.05, 0.1) is 31.5 Å². The van der Waals surface area contributed by atoms with E-state index in [1.165, 1.54) is 50.1 Å². The number of H-pyrrole nitrogens is 1. The zero-order valence-corrected chi connectivity index (χ0v) is 23.6. The number of carbonyl (C=O) groups excluding carboxylic acids is 1. The molecule has 3 fully saturated rings. The molecule has 2 saturated heterocycles. The van der Waals surface area contributed by atoms with Gasteiger partial charge in [-0.05, 0) is 73.6 Å². The van der Waals surface area contributed by atoms with Gasteiger partial charge in [-0.1, -0.05) is 13.8 Å². The molecule has 1 amide bonds. The van der Waals surface area contributed by atoms with Crippen molar-refractivity contribution >= 4 is 33.1 Å². The van der Waals surface area contributed by atoms with Crippen molar-refractivity contribution in [3.05, 3.63) is 39.7 Å². The SMILES string of the molecule is Cc1c(-c2[nH]c3sc([C@@H]4CC5CC4CN5CC(=O)NC4COC4)c(C)c3c2C(C)C)cn2ncnc2c1C. The van der Waals surface area contributed by atoms with Gasteiger partial charge in [-0.2, -0.15) is 5.10 Å². The normalized spacial score (nSPS) is 23.8. The molecule has 1 aliphatic carbocycles. The highest BCUT2D eigenvalue weighted by Crippen LogP contribution is 2.53. The number of aryl methyl sites for hydroxylation is 2. The first-order chi connectivity index (χ1) is 18.3. The molecular formula is C29H36N6O2S. The van der Waals surface area contributed by atoms with Gasteiger partial charge in [0.25, 0.3) is 0 Å². The van der Waals surface area contributed by atoms with Gasteiger partial charge in [-0.3, -0.25) is 9.69 Å². The number of aromatic amines is 1. The quantitative estimate of drug-likeness (QED) is 0.377. The molecule has 4 aromatic rings. The Morgan fingerprint density at radius 3 is 2.71 bits per heavy atom. The highest BCUT2D eigenvalue weighted by atomic mass is 32.1. The number of ether oxygens (including phenoxy) is 1. The van der Waals surface area contributed by atoms with Crippen LogP contribution in [0.2, 0.25) is 0 Å². The summed E-state index contributed by atoms with van der Waals surface area (Å²) in [5.41, 5.74) is 8.62. The number of likely N-dealkylation sites (tertiary alicyclic amines) is 1. The monoisotopic (exact) mass is 532 g/mol. The Kier molecular flexibility index (Phi) is 5.69. The van der Waals surface area contributed by atoms with E-state index in [0.29, 0.717) is 43.6 Å². The fraction of sp³-hybridized carbons (Fsp3) is 0.552. The average Bonchev–Trinajstić information content (AvgIpc) is 3.65. The van der Waals surface area contributed by atoms with Crippen LogP contribution in [0.3, 0.4) is 0 Å². The highest BCUT2D eigenvalue weighted by Gasteiger charge is 2.46. The van der Waals surface area contributed by atoms with Crippen LogP contribution in [-0.4, -0.2) is 68.8 Å². The molecule has 1 saturated carbocycles. The number of hydrogen-bond donors (Lipinski definition) is 2. The van der Waals surface area contributed by atoms with Gasteiger partial charge in [-0.25, -0.2) is 9.50 Å². The van der Waals surface area contributed by atoms with E-state index in [0.717, 1.165) is 18.6 Å². The van der Waals surface area contributed by atoms with Crippen LogP contribution in [0, 0.1) is 26.7 Å². The maximum atomic E-state index is 12.5. The third kappa shape index (κ3) is 3.66. The van der Waals surface area contributed by atoms with Crippen LogP contribution in [-0.2, 0) is 9.53 Å². The van der Waals surface area contributed by atoms with Gasteiger partial charge >= 0.3 is 0 Å². The Balaban J connectivity index is 1.19. The topological polar surface area (TPSA) is 87.5 Å². The Morgan fingerprint density at radius 1 is 1.21 bits per heavy atom. The van der Waals surface area contributed by atoms with Crippen molar-refractivity contribution < 1.29 is 9.53 Å². The van der Waals surface area contributed by atoms with E-state index in [9.17, 15) is 4.79 Å². The molecule has 0 aromatic carbocycles. The summed E-state index contributed by atoms with van der Waals surface area (Å²) in [5, 5.41) is 8.95. The van der Waals surface area contributed by atoms with Crippen molar-refractivity contribution in [1.82, 2.24) is 29.8 Å². The van der Waals surface area contributed by atoms with Gasteiger partial charge in [0.2, 0.25) is 5.91 Å². The van der Waals surface area contributed by atoms with Crippen molar-refractivity contribution in [2.24, 2.45) is 5.92 Å². The molecule has 2 N–H and O–H groups in total. The number of aromatic nitrogens is 4. The van der Waals surface area contributed by atoms with Crippen LogP contribution in [0.1, 0.15) is 65.7 Å². The number of pyridine rings is 1. The van der Waals surface area contributed by atoms with Crippen molar-refractivity contribution in [2.75, 3.05) is 26.3 Å². The van der Waals surface area contributed by atoms with Crippen LogP contribution in [0.15, 0.2) is 12.5 Å². The van der Waals surface area contributed by atoms with E-state index >= 15 is 0 Å². The first-order valence-corrected chi connectivity index (χ1v) is 14.7. The van der Waals surface area contributed by atoms with E-state index < -0.39 is 0 Å². The van der Waals surface area contributed by atoms with Gasteiger partial charge in [0, 0.05) is 34.6 Å². The zero-order chi connectivity index (χ0) is 26.3. The number of thiophene rings is 1. The lowest BCUT2D eigenvalue weighted by Crippen LogP contribution is -2.52. The summed E-state index contributed by atoms with van der Waals surface area (Å²) in [5.74, 6) is 1.75. The summed E-state index contributed by atoms with van der Waals surface area (Å²) in [6.45, 7) is 14.1.